The number of hydrogen-bond acceptors (Lipinski definition) is 3. The number of aromatic amines is 1. The Kier molecular flexibility index (Phi) is 3.92. The summed E-state index contributed by atoms with van der Waals surface area (Å²) in [6.07, 6.45) is 11.4. The predicted molar refractivity (Wildman–Crippen MR) is 87.0 cm³/mol. The molecule has 0 aromatic carbocycles. The normalized spacial score (nSPS) is 24.5. The highest BCUT2D eigenvalue weighted by Gasteiger charge is 2.52. The first-order valence-electron chi connectivity index (χ1n) is 9.24. The molecule has 5 heteroatoms. The second-order valence-electron chi connectivity index (χ2n) is 7.29. The summed E-state index contributed by atoms with van der Waals surface area (Å²) in [5.74, 6) is 0.188. The molecule has 4 rings (SSSR count). The van der Waals surface area contributed by atoms with Crippen LogP contribution in [0.15, 0.2) is 6.33 Å². The van der Waals surface area contributed by atoms with Crippen LogP contribution in [0.4, 0.5) is 0 Å². The highest BCUT2D eigenvalue weighted by atomic mass is 16.5. The lowest BCUT2D eigenvalue weighted by atomic mass is 9.70. The Morgan fingerprint density at radius 2 is 2.22 bits per heavy atom. The number of carbonyl (C=O) groups excluding carboxylic acids is 1. The van der Waals surface area contributed by atoms with Crippen molar-refractivity contribution in [3.05, 3.63) is 17.7 Å². The van der Waals surface area contributed by atoms with E-state index in [4.69, 9.17) is 4.74 Å². The third-order valence-corrected chi connectivity index (χ3v) is 6.01. The lowest BCUT2D eigenvalue weighted by Gasteiger charge is -2.52. The van der Waals surface area contributed by atoms with Gasteiger partial charge in [0.1, 0.15) is 6.10 Å². The lowest BCUT2D eigenvalue weighted by molar-refractivity contribution is -0.160. The summed E-state index contributed by atoms with van der Waals surface area (Å²) in [6.45, 7) is 2.85. The number of imidazole rings is 1. The van der Waals surface area contributed by atoms with Crippen LogP contribution in [0.5, 0.6) is 0 Å². The van der Waals surface area contributed by atoms with E-state index >= 15 is 0 Å². The predicted octanol–water partition coefficient (Wildman–Crippen LogP) is 2.91. The molecule has 5 nitrogen and oxygen atoms in total. The van der Waals surface area contributed by atoms with Gasteiger partial charge in [-0.3, -0.25) is 4.79 Å². The molecule has 2 heterocycles. The minimum Gasteiger partial charge on any atom is -0.365 e. The van der Waals surface area contributed by atoms with E-state index in [0.717, 1.165) is 50.8 Å². The van der Waals surface area contributed by atoms with Crippen LogP contribution in [0.3, 0.4) is 0 Å². The number of H-pyrrole nitrogens is 1. The molecular weight excluding hydrogens is 290 g/mol. The number of nitrogens with zero attached hydrogens (tertiary/aromatic N) is 2. The van der Waals surface area contributed by atoms with E-state index in [1.807, 2.05) is 0 Å². The molecule has 3 aliphatic rings. The molecule has 1 N–H and O–H groups in total. The van der Waals surface area contributed by atoms with Gasteiger partial charge in [0.05, 0.1) is 23.7 Å². The van der Waals surface area contributed by atoms with Crippen LogP contribution in [0.25, 0.3) is 0 Å². The van der Waals surface area contributed by atoms with E-state index < -0.39 is 0 Å². The van der Waals surface area contributed by atoms with E-state index in [9.17, 15) is 4.79 Å². The van der Waals surface area contributed by atoms with Gasteiger partial charge in [0, 0.05) is 18.7 Å². The van der Waals surface area contributed by atoms with Crippen molar-refractivity contribution >= 4 is 5.91 Å². The fourth-order valence-electron chi connectivity index (χ4n) is 4.58. The molecule has 0 bridgehead atoms. The average molecular weight is 317 g/mol. The first-order valence-corrected chi connectivity index (χ1v) is 9.24. The van der Waals surface area contributed by atoms with Gasteiger partial charge in [0.15, 0.2) is 0 Å². The number of amides is 1. The van der Waals surface area contributed by atoms with Crippen molar-refractivity contribution in [3.8, 4) is 0 Å². The number of hydrogen-bond donors (Lipinski definition) is 1. The number of fused-ring (bicyclic) bond motifs is 2. The summed E-state index contributed by atoms with van der Waals surface area (Å²) in [5.41, 5.74) is 2.18. The smallest absolute Gasteiger partial charge is 0.252 e. The summed E-state index contributed by atoms with van der Waals surface area (Å²) >= 11 is 0. The highest BCUT2D eigenvalue weighted by Crippen LogP contribution is 2.49. The van der Waals surface area contributed by atoms with Gasteiger partial charge in [-0.2, -0.15) is 0 Å². The molecule has 0 radical (unpaired) electrons. The maximum Gasteiger partial charge on any atom is 0.252 e. The van der Waals surface area contributed by atoms with Gasteiger partial charge in [-0.25, -0.2) is 4.98 Å². The van der Waals surface area contributed by atoms with Crippen LogP contribution in [0, 0.1) is 0 Å². The van der Waals surface area contributed by atoms with Crippen LogP contribution in [-0.4, -0.2) is 39.5 Å². The molecule has 2 saturated carbocycles. The molecule has 126 valence electrons. The van der Waals surface area contributed by atoms with Crippen molar-refractivity contribution in [2.45, 2.75) is 82.5 Å². The standard InChI is InChI=1S/C18H27N3O2/c1-2-15(23-13-6-3-4-7-13)17(22)21-11-8-14-16(20-12-19-14)18(21)9-5-10-18/h12-13,15H,2-11H2,1H3,(H,19,20). The van der Waals surface area contributed by atoms with Gasteiger partial charge in [0.25, 0.3) is 5.91 Å². The van der Waals surface area contributed by atoms with Crippen LogP contribution in [0.2, 0.25) is 0 Å². The van der Waals surface area contributed by atoms with Crippen molar-refractivity contribution in [1.29, 1.82) is 0 Å². The maximum absolute atomic E-state index is 13.2. The number of rotatable bonds is 4. The van der Waals surface area contributed by atoms with Gasteiger partial charge in [-0.1, -0.05) is 19.8 Å². The zero-order chi connectivity index (χ0) is 15.9. The Hall–Kier alpha value is -1.36. The molecule has 1 aromatic rings. The summed E-state index contributed by atoms with van der Waals surface area (Å²) < 4.78 is 6.19. The minimum absolute atomic E-state index is 0.156. The number of nitrogens with one attached hydrogen (secondary N) is 1. The zero-order valence-corrected chi connectivity index (χ0v) is 14.0. The monoisotopic (exact) mass is 317 g/mol. The molecule has 1 spiro atoms. The van der Waals surface area contributed by atoms with Crippen LogP contribution in [0.1, 0.15) is 69.7 Å². The largest absolute Gasteiger partial charge is 0.365 e. The van der Waals surface area contributed by atoms with Crippen molar-refractivity contribution in [2.75, 3.05) is 6.54 Å². The summed E-state index contributed by atoms with van der Waals surface area (Å²) in [5, 5.41) is 0. The quantitative estimate of drug-likeness (QED) is 0.929. The molecule has 1 atom stereocenters. The van der Waals surface area contributed by atoms with Gasteiger partial charge >= 0.3 is 0 Å². The molecule has 1 unspecified atom stereocenters. The summed E-state index contributed by atoms with van der Waals surface area (Å²) in [7, 11) is 0. The molecule has 2 aliphatic carbocycles. The SMILES string of the molecule is CCC(OC1CCCC1)C(=O)N1CCc2[nH]cnc2C12CCC2. The number of aromatic nitrogens is 2. The zero-order valence-electron chi connectivity index (χ0n) is 14.0. The van der Waals surface area contributed by atoms with E-state index in [1.54, 1.807) is 6.33 Å². The van der Waals surface area contributed by atoms with Crippen LogP contribution >= 0.6 is 0 Å². The number of ether oxygens (including phenoxy) is 1. The fourth-order valence-corrected chi connectivity index (χ4v) is 4.58. The number of carbonyl (C=O) groups is 1. The minimum atomic E-state index is -0.281. The van der Waals surface area contributed by atoms with Gasteiger partial charge in [0.2, 0.25) is 0 Å². The summed E-state index contributed by atoms with van der Waals surface area (Å²) in [4.78, 5) is 23.1. The molecule has 0 saturated heterocycles. The molecule has 23 heavy (non-hydrogen) atoms. The Bertz CT molecular complexity index is 573. The summed E-state index contributed by atoms with van der Waals surface area (Å²) in [6, 6.07) is 0. The molecule has 1 amide bonds. The first-order chi connectivity index (χ1) is 11.2. The van der Waals surface area contributed by atoms with Crippen LogP contribution < -0.4 is 0 Å². The van der Waals surface area contributed by atoms with Crippen molar-refractivity contribution < 1.29 is 9.53 Å². The van der Waals surface area contributed by atoms with E-state index in [-0.39, 0.29) is 23.7 Å². The van der Waals surface area contributed by atoms with Crippen LogP contribution in [-0.2, 0) is 21.5 Å². The second kappa shape index (κ2) is 5.93. The Morgan fingerprint density at radius 3 is 2.87 bits per heavy atom. The molecular formula is C18H27N3O2. The first kappa shape index (κ1) is 15.2. The second-order valence-corrected chi connectivity index (χ2v) is 7.29. The topological polar surface area (TPSA) is 58.2 Å². The molecule has 1 aliphatic heterocycles. The fraction of sp³-hybridized carbons (Fsp3) is 0.778. The Balaban J connectivity index is 1.55. The molecule has 2 fully saturated rings. The Morgan fingerprint density at radius 1 is 1.43 bits per heavy atom. The average Bonchev–Trinajstić information content (AvgIpc) is 3.20. The van der Waals surface area contributed by atoms with E-state index in [0.29, 0.717) is 0 Å². The van der Waals surface area contributed by atoms with Crippen molar-refractivity contribution in [3.63, 3.8) is 0 Å². The Labute approximate surface area is 137 Å². The highest BCUT2D eigenvalue weighted by molar-refractivity contribution is 5.82. The van der Waals surface area contributed by atoms with E-state index in [1.165, 1.54) is 25.0 Å². The van der Waals surface area contributed by atoms with Crippen molar-refractivity contribution in [1.82, 2.24) is 14.9 Å². The maximum atomic E-state index is 13.2. The molecule has 1 aromatic heterocycles. The van der Waals surface area contributed by atoms with Gasteiger partial charge in [-0.15, -0.1) is 0 Å². The van der Waals surface area contributed by atoms with Crippen molar-refractivity contribution in [2.24, 2.45) is 0 Å². The third kappa shape index (κ3) is 2.40. The van der Waals surface area contributed by atoms with Gasteiger partial charge < -0.3 is 14.6 Å². The third-order valence-electron chi connectivity index (χ3n) is 6.01. The van der Waals surface area contributed by atoms with Gasteiger partial charge in [-0.05, 0) is 38.5 Å². The lowest BCUT2D eigenvalue weighted by Crippen LogP contribution is -2.59. The van der Waals surface area contributed by atoms with E-state index in [2.05, 4.69) is 21.8 Å².